The molecule has 5 nitrogen and oxygen atoms in total. The van der Waals surface area contributed by atoms with E-state index in [1.165, 1.54) is 11.4 Å². The molecule has 3 rings (SSSR count). The van der Waals surface area contributed by atoms with Gasteiger partial charge in [-0.05, 0) is 30.9 Å². The topological polar surface area (TPSA) is 45.2 Å². The highest BCUT2D eigenvalue weighted by Gasteiger charge is 2.24. The summed E-state index contributed by atoms with van der Waals surface area (Å²) in [6.07, 6.45) is 1.62. The minimum absolute atomic E-state index is 0.231. The molecule has 2 aliphatic rings. The number of aliphatic hydroxyl groups excluding tert-OH is 1. The van der Waals surface area contributed by atoms with Gasteiger partial charge in [0.15, 0.2) is 0 Å². The van der Waals surface area contributed by atoms with Gasteiger partial charge >= 0.3 is 0 Å². The van der Waals surface area contributed by atoms with Gasteiger partial charge in [0.05, 0.1) is 30.2 Å². The summed E-state index contributed by atoms with van der Waals surface area (Å²) in [5.41, 5.74) is 2.44. The third-order valence-electron chi connectivity index (χ3n) is 4.88. The fraction of sp³-hybridized carbons (Fsp3) is 0.684. The minimum atomic E-state index is -0.475. The lowest BCUT2D eigenvalue weighted by Gasteiger charge is -2.30. The molecular weight excluding hydrogens is 304 g/mol. The van der Waals surface area contributed by atoms with Gasteiger partial charge in [0.25, 0.3) is 0 Å². The average Bonchev–Trinajstić information content (AvgIpc) is 2.71. The molecular formula is C19H30N2O3. The Bertz CT molecular complexity index is 519. The molecule has 2 heterocycles. The third kappa shape index (κ3) is 4.41. The van der Waals surface area contributed by atoms with Crippen LogP contribution >= 0.6 is 0 Å². The number of ether oxygens (including phenoxy) is 2. The number of aliphatic hydroxyl groups is 1. The van der Waals surface area contributed by atoms with Crippen LogP contribution in [0.4, 0.5) is 11.4 Å². The first-order valence-corrected chi connectivity index (χ1v) is 9.06. The van der Waals surface area contributed by atoms with Gasteiger partial charge in [0, 0.05) is 39.9 Å². The second kappa shape index (κ2) is 8.19. The molecule has 134 valence electrons. The van der Waals surface area contributed by atoms with E-state index in [1.54, 1.807) is 0 Å². The van der Waals surface area contributed by atoms with Crippen LogP contribution in [-0.2, 0) is 9.47 Å². The maximum atomic E-state index is 10.5. The quantitative estimate of drug-likeness (QED) is 0.894. The number of hydrogen-bond donors (Lipinski definition) is 1. The molecule has 24 heavy (non-hydrogen) atoms. The molecule has 0 aromatic heterocycles. The van der Waals surface area contributed by atoms with E-state index in [1.807, 2.05) is 0 Å². The molecule has 0 amide bonds. The summed E-state index contributed by atoms with van der Waals surface area (Å²) in [5, 5.41) is 10.5. The summed E-state index contributed by atoms with van der Waals surface area (Å²) in [5.74, 6) is 0.547. The summed E-state index contributed by atoms with van der Waals surface area (Å²) >= 11 is 0. The first-order chi connectivity index (χ1) is 11.6. The molecule has 0 spiro atoms. The molecule has 0 radical (unpaired) electrons. The average molecular weight is 334 g/mol. The molecule has 1 aromatic rings. The second-order valence-electron chi connectivity index (χ2n) is 7.18. The number of fused-ring (bicyclic) bond motifs is 1. The lowest BCUT2D eigenvalue weighted by atomic mass is 10.1. The lowest BCUT2D eigenvalue weighted by Crippen LogP contribution is -2.38. The number of benzene rings is 1. The Balaban J connectivity index is 1.61. The van der Waals surface area contributed by atoms with Crippen molar-refractivity contribution in [1.82, 2.24) is 0 Å². The van der Waals surface area contributed by atoms with Crippen molar-refractivity contribution >= 4 is 11.4 Å². The van der Waals surface area contributed by atoms with E-state index >= 15 is 0 Å². The summed E-state index contributed by atoms with van der Waals surface area (Å²) in [7, 11) is 2.14. The van der Waals surface area contributed by atoms with Crippen LogP contribution in [0.2, 0.25) is 0 Å². The molecule has 0 bridgehead atoms. The molecule has 2 aliphatic heterocycles. The molecule has 0 saturated carbocycles. The molecule has 2 atom stereocenters. The van der Waals surface area contributed by atoms with E-state index in [9.17, 15) is 5.11 Å². The molecule has 1 aromatic carbocycles. The van der Waals surface area contributed by atoms with Crippen molar-refractivity contribution in [3.63, 3.8) is 0 Å². The van der Waals surface area contributed by atoms with Crippen LogP contribution in [0.15, 0.2) is 24.3 Å². The van der Waals surface area contributed by atoms with Gasteiger partial charge in [-0.15, -0.1) is 0 Å². The highest BCUT2D eigenvalue weighted by Crippen LogP contribution is 2.32. The first kappa shape index (κ1) is 17.5. The van der Waals surface area contributed by atoms with Crippen molar-refractivity contribution in [2.24, 2.45) is 5.92 Å². The summed E-state index contributed by atoms with van der Waals surface area (Å²) < 4.78 is 11.2. The zero-order valence-corrected chi connectivity index (χ0v) is 14.9. The first-order valence-electron chi connectivity index (χ1n) is 9.06. The van der Waals surface area contributed by atoms with Gasteiger partial charge in [-0.2, -0.15) is 0 Å². The molecule has 5 heteroatoms. The number of β-amino-alcohol motifs (C(OH)–C–C–N with tert-alkyl or cyclic N) is 1. The van der Waals surface area contributed by atoms with Crippen molar-refractivity contribution in [3.05, 3.63) is 24.3 Å². The van der Waals surface area contributed by atoms with Crippen LogP contribution in [0.1, 0.15) is 19.8 Å². The Morgan fingerprint density at radius 3 is 2.67 bits per heavy atom. The highest BCUT2D eigenvalue weighted by molar-refractivity contribution is 5.72. The highest BCUT2D eigenvalue weighted by atomic mass is 16.5. The van der Waals surface area contributed by atoms with Gasteiger partial charge < -0.3 is 24.4 Å². The predicted octanol–water partition coefficient (Wildman–Crippen LogP) is 2.14. The standard InChI is InChI=1S/C19H30N2O3/c1-15-11-20(2)18-5-3-4-6-19(18)21(12-15)13-16(22)14-24-17-7-9-23-10-8-17/h3-6,15-17,22H,7-14H2,1-2H3. The Labute approximate surface area is 145 Å². The van der Waals surface area contributed by atoms with Crippen molar-refractivity contribution in [3.8, 4) is 0 Å². The number of para-hydroxylation sites is 2. The number of hydrogen-bond acceptors (Lipinski definition) is 5. The van der Waals surface area contributed by atoms with E-state index in [0.717, 1.165) is 39.1 Å². The lowest BCUT2D eigenvalue weighted by molar-refractivity contribution is -0.0575. The second-order valence-corrected chi connectivity index (χ2v) is 7.18. The van der Waals surface area contributed by atoms with Crippen molar-refractivity contribution in [1.29, 1.82) is 0 Å². The maximum absolute atomic E-state index is 10.5. The van der Waals surface area contributed by atoms with Crippen LogP contribution in [0, 0.1) is 5.92 Å². The van der Waals surface area contributed by atoms with E-state index in [-0.39, 0.29) is 6.10 Å². The molecule has 0 aliphatic carbocycles. The number of nitrogens with zero attached hydrogens (tertiary/aromatic N) is 2. The van der Waals surface area contributed by atoms with E-state index < -0.39 is 6.10 Å². The third-order valence-corrected chi connectivity index (χ3v) is 4.88. The van der Waals surface area contributed by atoms with E-state index in [2.05, 4.69) is 48.0 Å². The normalized spacial score (nSPS) is 23.7. The minimum Gasteiger partial charge on any atom is -0.389 e. The van der Waals surface area contributed by atoms with E-state index in [4.69, 9.17) is 9.47 Å². The monoisotopic (exact) mass is 334 g/mol. The maximum Gasteiger partial charge on any atom is 0.0948 e. The number of rotatable bonds is 5. The summed E-state index contributed by atoms with van der Waals surface area (Å²) in [6.45, 7) is 6.79. The number of anilines is 2. The predicted molar refractivity (Wildman–Crippen MR) is 96.9 cm³/mol. The Morgan fingerprint density at radius 2 is 1.92 bits per heavy atom. The van der Waals surface area contributed by atoms with Gasteiger partial charge in [-0.25, -0.2) is 0 Å². The molecule has 1 saturated heterocycles. The summed E-state index contributed by atoms with van der Waals surface area (Å²) in [6, 6.07) is 8.45. The Morgan fingerprint density at radius 1 is 1.21 bits per heavy atom. The van der Waals surface area contributed by atoms with Crippen LogP contribution in [0.3, 0.4) is 0 Å². The van der Waals surface area contributed by atoms with E-state index in [0.29, 0.717) is 19.1 Å². The summed E-state index contributed by atoms with van der Waals surface area (Å²) in [4.78, 5) is 4.62. The fourth-order valence-corrected chi connectivity index (χ4v) is 3.72. The van der Waals surface area contributed by atoms with Crippen molar-refractivity contribution in [2.45, 2.75) is 32.0 Å². The van der Waals surface area contributed by atoms with Crippen LogP contribution in [0.25, 0.3) is 0 Å². The van der Waals surface area contributed by atoms with Gasteiger partial charge in [0.2, 0.25) is 0 Å². The van der Waals surface area contributed by atoms with Crippen molar-refractivity contribution < 1.29 is 14.6 Å². The largest absolute Gasteiger partial charge is 0.389 e. The van der Waals surface area contributed by atoms with Crippen LogP contribution < -0.4 is 9.80 Å². The zero-order chi connectivity index (χ0) is 16.9. The zero-order valence-electron chi connectivity index (χ0n) is 14.9. The van der Waals surface area contributed by atoms with Gasteiger partial charge in [0.1, 0.15) is 0 Å². The molecule has 1 fully saturated rings. The van der Waals surface area contributed by atoms with Gasteiger partial charge in [-0.1, -0.05) is 19.1 Å². The molecule has 2 unspecified atom stereocenters. The van der Waals surface area contributed by atoms with Gasteiger partial charge in [-0.3, -0.25) is 0 Å². The fourth-order valence-electron chi connectivity index (χ4n) is 3.72. The molecule has 1 N–H and O–H groups in total. The SMILES string of the molecule is CC1CN(C)c2ccccc2N(CC(O)COC2CCOCC2)C1. The van der Waals surface area contributed by atoms with Crippen LogP contribution in [-0.4, -0.2) is 63.8 Å². The van der Waals surface area contributed by atoms with Crippen LogP contribution in [0.5, 0.6) is 0 Å². The Hall–Kier alpha value is -1.30. The van der Waals surface area contributed by atoms with Crippen molar-refractivity contribution in [2.75, 3.05) is 56.3 Å². The Kier molecular flexibility index (Phi) is 5.98. The smallest absolute Gasteiger partial charge is 0.0948 e.